The second-order valence-corrected chi connectivity index (χ2v) is 4.67. The molecule has 4 heteroatoms. The normalized spacial score (nSPS) is 38.6. The number of ether oxygens (including phenoxy) is 3. The molecule has 1 N–H and O–H groups in total. The molecule has 1 heterocycles. The van der Waals surface area contributed by atoms with Crippen molar-refractivity contribution < 1.29 is 14.2 Å². The minimum Gasteiger partial charge on any atom is -0.381 e. The zero-order valence-corrected chi connectivity index (χ0v) is 10.3. The van der Waals surface area contributed by atoms with Crippen LogP contribution in [0, 0.1) is 5.92 Å². The summed E-state index contributed by atoms with van der Waals surface area (Å²) in [5, 5.41) is 3.57. The van der Waals surface area contributed by atoms with Crippen LogP contribution in [0.5, 0.6) is 0 Å². The lowest BCUT2D eigenvalue weighted by Crippen LogP contribution is -2.60. The van der Waals surface area contributed by atoms with Gasteiger partial charge in [0, 0.05) is 32.9 Å². The molecule has 1 saturated carbocycles. The first-order valence-electron chi connectivity index (χ1n) is 6.30. The van der Waals surface area contributed by atoms with Gasteiger partial charge in [-0.05, 0) is 25.7 Å². The Hall–Kier alpha value is -0.160. The van der Waals surface area contributed by atoms with Crippen LogP contribution in [0.15, 0.2) is 0 Å². The van der Waals surface area contributed by atoms with E-state index in [0.717, 1.165) is 32.8 Å². The van der Waals surface area contributed by atoms with Gasteiger partial charge < -0.3 is 19.5 Å². The predicted octanol–water partition coefficient (Wildman–Crippen LogP) is 0.805. The molecular formula is C12H23NO3. The molecule has 0 aromatic heterocycles. The fourth-order valence-electron chi connectivity index (χ4n) is 2.54. The molecule has 4 unspecified atom stereocenters. The number of rotatable bonds is 6. The van der Waals surface area contributed by atoms with E-state index in [1.54, 1.807) is 7.11 Å². The van der Waals surface area contributed by atoms with Gasteiger partial charge in [0.25, 0.3) is 0 Å². The Bertz CT molecular complexity index is 206. The number of hydrogen-bond donors (Lipinski definition) is 1. The zero-order chi connectivity index (χ0) is 11.4. The summed E-state index contributed by atoms with van der Waals surface area (Å²) in [6, 6.07) is 0.460. The van der Waals surface area contributed by atoms with E-state index in [1.807, 2.05) is 6.92 Å². The Morgan fingerprint density at radius 2 is 2.31 bits per heavy atom. The molecule has 4 atom stereocenters. The molecule has 16 heavy (non-hydrogen) atoms. The minimum absolute atomic E-state index is 0.224. The van der Waals surface area contributed by atoms with Gasteiger partial charge in [-0.1, -0.05) is 0 Å². The van der Waals surface area contributed by atoms with Crippen LogP contribution in [-0.4, -0.2) is 51.7 Å². The quantitative estimate of drug-likeness (QED) is 0.731. The first kappa shape index (κ1) is 12.3. The molecule has 0 aromatic rings. The molecule has 4 nitrogen and oxygen atoms in total. The first-order chi connectivity index (χ1) is 7.85. The summed E-state index contributed by atoms with van der Waals surface area (Å²) in [5.41, 5.74) is 0. The lowest BCUT2D eigenvalue weighted by molar-refractivity contribution is -0.131. The third kappa shape index (κ3) is 2.74. The number of nitrogens with one attached hydrogen (secondary N) is 1. The van der Waals surface area contributed by atoms with Crippen molar-refractivity contribution in [3.8, 4) is 0 Å². The smallest absolute Gasteiger partial charge is 0.0986 e. The first-order valence-corrected chi connectivity index (χ1v) is 6.30. The molecule has 0 aromatic carbocycles. The average molecular weight is 229 g/mol. The van der Waals surface area contributed by atoms with E-state index in [-0.39, 0.29) is 12.2 Å². The topological polar surface area (TPSA) is 39.7 Å². The summed E-state index contributed by atoms with van der Waals surface area (Å²) in [4.78, 5) is 0. The molecule has 0 spiro atoms. The Kier molecular flexibility index (Phi) is 4.58. The van der Waals surface area contributed by atoms with E-state index in [4.69, 9.17) is 14.2 Å². The van der Waals surface area contributed by atoms with E-state index < -0.39 is 0 Å². The Morgan fingerprint density at radius 3 is 2.94 bits per heavy atom. The predicted molar refractivity (Wildman–Crippen MR) is 61.5 cm³/mol. The van der Waals surface area contributed by atoms with Gasteiger partial charge in [-0.3, -0.25) is 0 Å². The minimum atomic E-state index is 0.224. The molecule has 2 fully saturated rings. The van der Waals surface area contributed by atoms with Crippen molar-refractivity contribution in [2.45, 2.75) is 38.0 Å². The van der Waals surface area contributed by atoms with Crippen LogP contribution in [-0.2, 0) is 14.2 Å². The average Bonchev–Trinajstić information content (AvgIpc) is 2.75. The molecule has 0 amide bonds. The SMILES string of the molecule is CCOC1CC(NCC2CCOC2)C1OC. The van der Waals surface area contributed by atoms with Crippen molar-refractivity contribution in [2.24, 2.45) is 5.92 Å². The van der Waals surface area contributed by atoms with Gasteiger partial charge >= 0.3 is 0 Å². The third-order valence-electron chi connectivity index (χ3n) is 3.59. The summed E-state index contributed by atoms with van der Waals surface area (Å²) < 4.78 is 16.4. The summed E-state index contributed by atoms with van der Waals surface area (Å²) in [5.74, 6) is 0.684. The summed E-state index contributed by atoms with van der Waals surface area (Å²) >= 11 is 0. The second kappa shape index (κ2) is 5.96. The maximum absolute atomic E-state index is 5.59. The number of hydrogen-bond acceptors (Lipinski definition) is 4. The van der Waals surface area contributed by atoms with Gasteiger partial charge in [0.15, 0.2) is 0 Å². The van der Waals surface area contributed by atoms with Crippen LogP contribution in [0.3, 0.4) is 0 Å². The lowest BCUT2D eigenvalue weighted by Gasteiger charge is -2.43. The second-order valence-electron chi connectivity index (χ2n) is 4.67. The van der Waals surface area contributed by atoms with Crippen LogP contribution in [0.25, 0.3) is 0 Å². The molecule has 2 aliphatic rings. The summed E-state index contributed by atoms with van der Waals surface area (Å²) in [7, 11) is 1.77. The summed E-state index contributed by atoms with van der Waals surface area (Å²) in [6.07, 6.45) is 2.77. The zero-order valence-electron chi connectivity index (χ0n) is 10.3. The molecular weight excluding hydrogens is 206 g/mol. The molecule has 1 saturated heterocycles. The molecule has 0 radical (unpaired) electrons. The highest BCUT2D eigenvalue weighted by Gasteiger charge is 2.41. The maximum atomic E-state index is 5.59. The van der Waals surface area contributed by atoms with E-state index in [0.29, 0.717) is 12.0 Å². The van der Waals surface area contributed by atoms with Crippen LogP contribution in [0.4, 0.5) is 0 Å². The molecule has 94 valence electrons. The van der Waals surface area contributed by atoms with Crippen molar-refractivity contribution in [2.75, 3.05) is 33.5 Å². The number of methoxy groups -OCH3 is 1. The summed E-state index contributed by atoms with van der Waals surface area (Å²) in [6.45, 7) is 5.68. The molecule has 1 aliphatic heterocycles. The standard InChI is InChI=1S/C12H23NO3/c1-3-16-11-6-10(12(11)14-2)13-7-9-4-5-15-8-9/h9-13H,3-8H2,1-2H3. The third-order valence-corrected chi connectivity index (χ3v) is 3.59. The van der Waals surface area contributed by atoms with Crippen molar-refractivity contribution in [3.63, 3.8) is 0 Å². The van der Waals surface area contributed by atoms with Crippen molar-refractivity contribution in [3.05, 3.63) is 0 Å². The van der Waals surface area contributed by atoms with E-state index in [1.165, 1.54) is 6.42 Å². The highest BCUT2D eigenvalue weighted by atomic mass is 16.5. The van der Waals surface area contributed by atoms with Crippen molar-refractivity contribution >= 4 is 0 Å². The highest BCUT2D eigenvalue weighted by molar-refractivity contribution is 4.97. The fraction of sp³-hybridized carbons (Fsp3) is 1.00. The van der Waals surface area contributed by atoms with Crippen molar-refractivity contribution in [1.82, 2.24) is 5.32 Å². The van der Waals surface area contributed by atoms with E-state index >= 15 is 0 Å². The van der Waals surface area contributed by atoms with Gasteiger partial charge in [-0.2, -0.15) is 0 Å². The fourth-order valence-corrected chi connectivity index (χ4v) is 2.54. The molecule has 0 bridgehead atoms. The highest BCUT2D eigenvalue weighted by Crippen LogP contribution is 2.27. The molecule has 1 aliphatic carbocycles. The van der Waals surface area contributed by atoms with Gasteiger partial charge in [0.2, 0.25) is 0 Å². The Balaban J connectivity index is 1.66. The Labute approximate surface area is 97.6 Å². The molecule has 2 rings (SSSR count). The maximum Gasteiger partial charge on any atom is 0.0986 e. The largest absolute Gasteiger partial charge is 0.381 e. The van der Waals surface area contributed by atoms with Gasteiger partial charge in [-0.25, -0.2) is 0 Å². The van der Waals surface area contributed by atoms with Gasteiger partial charge in [0.1, 0.15) is 0 Å². The van der Waals surface area contributed by atoms with E-state index in [9.17, 15) is 0 Å². The lowest BCUT2D eigenvalue weighted by atomic mass is 9.85. The van der Waals surface area contributed by atoms with E-state index in [2.05, 4.69) is 5.32 Å². The van der Waals surface area contributed by atoms with Crippen LogP contribution >= 0.6 is 0 Å². The van der Waals surface area contributed by atoms with Gasteiger partial charge in [-0.15, -0.1) is 0 Å². The Morgan fingerprint density at radius 1 is 1.44 bits per heavy atom. The van der Waals surface area contributed by atoms with Crippen LogP contribution in [0.2, 0.25) is 0 Å². The van der Waals surface area contributed by atoms with Crippen LogP contribution in [0.1, 0.15) is 19.8 Å². The van der Waals surface area contributed by atoms with Crippen molar-refractivity contribution in [1.29, 1.82) is 0 Å². The van der Waals surface area contributed by atoms with Crippen LogP contribution < -0.4 is 5.32 Å². The van der Waals surface area contributed by atoms with Gasteiger partial charge in [0.05, 0.1) is 18.8 Å². The monoisotopic (exact) mass is 229 g/mol.